The van der Waals surface area contributed by atoms with E-state index in [-0.39, 0.29) is 18.5 Å². The minimum absolute atomic E-state index is 0.103. The van der Waals surface area contributed by atoms with Crippen LogP contribution in [0.4, 0.5) is 5.69 Å². The number of amides is 1. The van der Waals surface area contributed by atoms with Crippen molar-refractivity contribution >= 4 is 23.2 Å². The van der Waals surface area contributed by atoms with Gasteiger partial charge in [-0.05, 0) is 25.5 Å². The Morgan fingerprint density at radius 3 is 2.87 bits per heavy atom. The van der Waals surface area contributed by atoms with Crippen LogP contribution in [0.3, 0.4) is 0 Å². The van der Waals surface area contributed by atoms with Crippen LogP contribution in [-0.2, 0) is 11.2 Å². The molecular formula is C16H20ClN3O3. The van der Waals surface area contributed by atoms with E-state index in [0.29, 0.717) is 22.2 Å². The van der Waals surface area contributed by atoms with Crippen molar-refractivity contribution in [3.05, 3.63) is 40.7 Å². The number of methoxy groups -OCH3 is 1. The van der Waals surface area contributed by atoms with E-state index >= 15 is 0 Å². The number of benzene rings is 1. The predicted octanol–water partition coefficient (Wildman–Crippen LogP) is 3.19. The highest BCUT2D eigenvalue weighted by molar-refractivity contribution is 6.32. The topological polar surface area (TPSA) is 76.4 Å². The van der Waals surface area contributed by atoms with Gasteiger partial charge < -0.3 is 14.6 Å². The zero-order valence-electron chi connectivity index (χ0n) is 13.4. The molecule has 124 valence electrons. The molecule has 0 aliphatic heterocycles. The summed E-state index contributed by atoms with van der Waals surface area (Å²) in [5.41, 5.74) is 1.52. The third-order valence-corrected chi connectivity index (χ3v) is 3.68. The Labute approximate surface area is 140 Å². The van der Waals surface area contributed by atoms with Crippen molar-refractivity contribution in [3.63, 3.8) is 0 Å². The van der Waals surface area contributed by atoms with Gasteiger partial charge in [0.15, 0.2) is 5.76 Å². The second-order valence-electron chi connectivity index (χ2n) is 5.07. The molecule has 1 heterocycles. The molecule has 2 rings (SSSR count). The lowest BCUT2D eigenvalue weighted by molar-refractivity contribution is -0.115. The van der Waals surface area contributed by atoms with Crippen molar-refractivity contribution in [2.24, 2.45) is 0 Å². The van der Waals surface area contributed by atoms with Gasteiger partial charge in [0.1, 0.15) is 5.75 Å². The van der Waals surface area contributed by atoms with Gasteiger partial charge in [-0.25, -0.2) is 0 Å². The van der Waals surface area contributed by atoms with E-state index in [1.54, 1.807) is 18.2 Å². The number of ether oxygens (including phenoxy) is 1. The number of aryl methyl sites for hydroxylation is 1. The van der Waals surface area contributed by atoms with Crippen molar-refractivity contribution in [2.45, 2.75) is 26.3 Å². The van der Waals surface area contributed by atoms with Crippen LogP contribution in [0.1, 0.15) is 31.3 Å². The van der Waals surface area contributed by atoms with Crippen molar-refractivity contribution in [1.29, 1.82) is 0 Å². The molecule has 2 aromatic rings. The van der Waals surface area contributed by atoms with Crippen LogP contribution >= 0.6 is 11.6 Å². The molecule has 0 saturated carbocycles. The number of hydrogen-bond acceptors (Lipinski definition) is 5. The summed E-state index contributed by atoms with van der Waals surface area (Å²) in [6, 6.07) is 6.85. The van der Waals surface area contributed by atoms with Gasteiger partial charge in [-0.2, -0.15) is 0 Å². The Hall–Kier alpha value is -2.05. The first-order valence-electron chi connectivity index (χ1n) is 7.35. The summed E-state index contributed by atoms with van der Waals surface area (Å²) in [7, 11) is 1.53. The fraction of sp³-hybridized carbons (Fsp3) is 0.375. The van der Waals surface area contributed by atoms with Gasteiger partial charge in [0.25, 0.3) is 0 Å². The summed E-state index contributed by atoms with van der Waals surface area (Å²) >= 11 is 5.95. The third kappa shape index (κ3) is 4.71. The number of hydrogen-bond donors (Lipinski definition) is 2. The van der Waals surface area contributed by atoms with E-state index in [0.717, 1.165) is 12.1 Å². The molecule has 0 unspecified atom stereocenters. The van der Waals surface area contributed by atoms with E-state index in [2.05, 4.69) is 15.8 Å². The highest BCUT2D eigenvalue weighted by atomic mass is 35.5. The van der Waals surface area contributed by atoms with E-state index in [4.69, 9.17) is 20.9 Å². The van der Waals surface area contributed by atoms with Crippen LogP contribution < -0.4 is 15.4 Å². The standard InChI is InChI=1S/C16H20ClN3O3/c1-4-11-7-14(23-20-11)10(2)18-9-16(21)19-12-5-6-13(17)15(8-12)22-3/h5-8,10,18H,4,9H2,1-3H3,(H,19,21)/t10-/m1/s1. The molecule has 1 aromatic carbocycles. The lowest BCUT2D eigenvalue weighted by Crippen LogP contribution is -2.30. The van der Waals surface area contributed by atoms with Crippen LogP contribution in [0.25, 0.3) is 0 Å². The monoisotopic (exact) mass is 337 g/mol. The zero-order valence-corrected chi connectivity index (χ0v) is 14.1. The van der Waals surface area contributed by atoms with Crippen molar-refractivity contribution in [3.8, 4) is 5.75 Å². The highest BCUT2D eigenvalue weighted by Gasteiger charge is 2.13. The number of anilines is 1. The second-order valence-corrected chi connectivity index (χ2v) is 5.48. The Balaban J connectivity index is 1.87. The molecule has 0 radical (unpaired) electrons. The number of carbonyl (C=O) groups is 1. The van der Waals surface area contributed by atoms with Crippen LogP contribution in [0, 0.1) is 0 Å². The number of nitrogens with zero attached hydrogens (tertiary/aromatic N) is 1. The minimum atomic E-state index is -0.170. The summed E-state index contributed by atoms with van der Waals surface area (Å²) in [4.78, 5) is 12.0. The van der Waals surface area contributed by atoms with Crippen molar-refractivity contribution < 1.29 is 14.1 Å². The Morgan fingerprint density at radius 1 is 1.43 bits per heavy atom. The second kappa shape index (κ2) is 7.99. The van der Waals surface area contributed by atoms with Gasteiger partial charge in [0.2, 0.25) is 5.91 Å². The van der Waals surface area contributed by atoms with Gasteiger partial charge in [-0.3, -0.25) is 10.1 Å². The van der Waals surface area contributed by atoms with E-state index in [1.807, 2.05) is 19.9 Å². The van der Waals surface area contributed by atoms with Crippen LogP contribution in [0.15, 0.2) is 28.8 Å². The number of carbonyl (C=O) groups excluding carboxylic acids is 1. The maximum Gasteiger partial charge on any atom is 0.238 e. The van der Waals surface area contributed by atoms with Crippen LogP contribution in [0.5, 0.6) is 5.75 Å². The maximum absolute atomic E-state index is 12.0. The number of rotatable bonds is 7. The molecule has 0 bridgehead atoms. The van der Waals surface area contributed by atoms with Gasteiger partial charge in [-0.15, -0.1) is 0 Å². The normalized spacial score (nSPS) is 12.0. The molecule has 1 aromatic heterocycles. The summed E-state index contributed by atoms with van der Waals surface area (Å²) < 4.78 is 10.4. The number of halogens is 1. The van der Waals surface area contributed by atoms with Gasteiger partial charge in [-0.1, -0.05) is 23.7 Å². The Bertz CT molecular complexity index is 672. The molecule has 6 nitrogen and oxygen atoms in total. The molecule has 0 fully saturated rings. The first-order chi connectivity index (χ1) is 11.0. The van der Waals surface area contributed by atoms with Crippen molar-refractivity contribution in [2.75, 3.05) is 19.0 Å². The number of aromatic nitrogens is 1. The molecule has 0 aliphatic carbocycles. The SMILES string of the molecule is CCc1cc([C@@H](C)NCC(=O)Nc2ccc(Cl)c(OC)c2)on1. The van der Waals surface area contributed by atoms with Crippen LogP contribution in [-0.4, -0.2) is 24.7 Å². The maximum atomic E-state index is 12.0. The Morgan fingerprint density at radius 2 is 2.22 bits per heavy atom. The zero-order chi connectivity index (χ0) is 16.8. The third-order valence-electron chi connectivity index (χ3n) is 3.37. The highest BCUT2D eigenvalue weighted by Crippen LogP contribution is 2.27. The molecule has 1 atom stereocenters. The largest absolute Gasteiger partial charge is 0.495 e. The van der Waals surface area contributed by atoms with Crippen molar-refractivity contribution in [1.82, 2.24) is 10.5 Å². The summed E-state index contributed by atoms with van der Waals surface area (Å²) in [5, 5.41) is 10.3. The lowest BCUT2D eigenvalue weighted by atomic mass is 10.2. The molecule has 0 aliphatic rings. The molecule has 0 saturated heterocycles. The smallest absolute Gasteiger partial charge is 0.238 e. The van der Waals surface area contributed by atoms with E-state index < -0.39 is 0 Å². The van der Waals surface area contributed by atoms with Gasteiger partial charge in [0.05, 0.1) is 30.4 Å². The lowest BCUT2D eigenvalue weighted by Gasteiger charge is -2.11. The first-order valence-corrected chi connectivity index (χ1v) is 7.73. The quantitative estimate of drug-likeness (QED) is 0.811. The predicted molar refractivity (Wildman–Crippen MR) is 88.9 cm³/mol. The summed E-state index contributed by atoms with van der Waals surface area (Å²) in [5.74, 6) is 1.05. The average Bonchev–Trinajstić information content (AvgIpc) is 3.03. The molecule has 23 heavy (non-hydrogen) atoms. The summed E-state index contributed by atoms with van der Waals surface area (Å²) in [6.07, 6.45) is 0.815. The number of nitrogens with one attached hydrogen (secondary N) is 2. The van der Waals surface area contributed by atoms with E-state index in [9.17, 15) is 4.79 Å². The minimum Gasteiger partial charge on any atom is -0.495 e. The fourth-order valence-corrected chi connectivity index (χ4v) is 2.18. The Kier molecular flexibility index (Phi) is 6.01. The average molecular weight is 338 g/mol. The molecule has 2 N–H and O–H groups in total. The molecular weight excluding hydrogens is 318 g/mol. The molecule has 1 amide bonds. The van der Waals surface area contributed by atoms with Crippen LogP contribution in [0.2, 0.25) is 5.02 Å². The molecule has 7 heteroatoms. The van der Waals surface area contributed by atoms with E-state index in [1.165, 1.54) is 7.11 Å². The van der Waals surface area contributed by atoms with Gasteiger partial charge in [0, 0.05) is 17.8 Å². The molecule has 0 spiro atoms. The summed E-state index contributed by atoms with van der Waals surface area (Å²) in [6.45, 7) is 4.07. The first kappa shape index (κ1) is 17.3. The fourth-order valence-electron chi connectivity index (χ4n) is 1.99. The van der Waals surface area contributed by atoms with Gasteiger partial charge >= 0.3 is 0 Å².